The van der Waals surface area contributed by atoms with Crippen molar-refractivity contribution in [3.05, 3.63) is 43.3 Å². The van der Waals surface area contributed by atoms with Gasteiger partial charge in [0.2, 0.25) is 0 Å². The van der Waals surface area contributed by atoms with Gasteiger partial charge in [-0.15, -0.1) is 34.0 Å². The Bertz CT molecular complexity index is 2010. The highest BCUT2D eigenvalue weighted by Gasteiger charge is 2.23. The van der Waals surface area contributed by atoms with Crippen LogP contribution in [0.25, 0.3) is 62.9 Å². The SMILES string of the molecule is Cc1cc2c(nc3c4ccc5c6c(sc(c(=S)n23)c46)c(=S)n2c3cc(C)sc3nc52)s1. The summed E-state index contributed by atoms with van der Waals surface area (Å²) in [5.74, 6) is 0. The van der Waals surface area contributed by atoms with Crippen LogP contribution in [0.1, 0.15) is 9.75 Å². The summed E-state index contributed by atoms with van der Waals surface area (Å²) in [4.78, 5) is 14.5. The van der Waals surface area contributed by atoms with Gasteiger partial charge < -0.3 is 0 Å². The van der Waals surface area contributed by atoms with Crippen LogP contribution >= 0.6 is 58.4 Å². The van der Waals surface area contributed by atoms with Gasteiger partial charge in [-0.05, 0) is 38.1 Å². The quantitative estimate of drug-likeness (QED) is 0.160. The first-order chi connectivity index (χ1) is 15.0. The zero-order valence-corrected chi connectivity index (χ0v) is 20.2. The van der Waals surface area contributed by atoms with Gasteiger partial charge in [-0.2, -0.15) is 0 Å². The maximum Gasteiger partial charge on any atom is 0.148 e. The summed E-state index contributed by atoms with van der Waals surface area (Å²) in [6, 6.07) is 8.73. The Morgan fingerprint density at radius 2 is 1.16 bits per heavy atom. The van der Waals surface area contributed by atoms with E-state index in [-0.39, 0.29) is 0 Å². The number of fused-ring (bicyclic) bond motifs is 8. The first-order valence-corrected chi connectivity index (χ1v) is 13.0. The van der Waals surface area contributed by atoms with Crippen molar-refractivity contribution in [1.82, 2.24) is 18.8 Å². The number of imidazole rings is 2. The van der Waals surface area contributed by atoms with E-state index in [1.807, 2.05) is 0 Å². The first-order valence-electron chi connectivity index (χ1n) is 9.68. The molecule has 0 saturated carbocycles. The topological polar surface area (TPSA) is 34.6 Å². The van der Waals surface area contributed by atoms with Crippen molar-refractivity contribution in [3.63, 3.8) is 0 Å². The second kappa shape index (κ2) is 5.36. The summed E-state index contributed by atoms with van der Waals surface area (Å²) in [7, 11) is 0. The number of rotatable bonds is 0. The third kappa shape index (κ3) is 1.88. The van der Waals surface area contributed by atoms with Gasteiger partial charge in [-0.1, -0.05) is 24.4 Å². The van der Waals surface area contributed by atoms with E-state index in [2.05, 4.69) is 46.9 Å². The van der Waals surface area contributed by atoms with Crippen molar-refractivity contribution in [2.75, 3.05) is 0 Å². The maximum atomic E-state index is 6.02. The number of nitrogens with zero attached hydrogens (tertiary/aromatic N) is 4. The smallest absolute Gasteiger partial charge is 0.148 e. The van der Waals surface area contributed by atoms with Gasteiger partial charge in [-0.3, -0.25) is 8.80 Å². The van der Waals surface area contributed by atoms with Crippen LogP contribution in [0, 0.1) is 23.1 Å². The van der Waals surface area contributed by atoms with Crippen LogP contribution in [0.2, 0.25) is 0 Å². The molecule has 1 aromatic carbocycles. The maximum absolute atomic E-state index is 6.02. The molecule has 9 heteroatoms. The fraction of sp³-hybridized carbons (Fsp3) is 0.0909. The molecule has 0 spiro atoms. The standard InChI is InChI=1S/C22H10N4S5/c1-7-5-11-19(29-7)23-17-9-3-4-10-14-13(9)15(21(27)25(11)17)31-16(14)22(28)26-12-6-8(2)30-20(12)24-18(10)26/h3-6H,1-2H3. The lowest BCUT2D eigenvalue weighted by Crippen LogP contribution is -1.92. The molecule has 0 bridgehead atoms. The summed E-state index contributed by atoms with van der Waals surface area (Å²) >= 11 is 17.2. The average molecular weight is 491 g/mol. The molecule has 0 aliphatic rings. The van der Waals surface area contributed by atoms with E-state index in [1.165, 1.54) is 20.5 Å². The third-order valence-corrected chi connectivity index (χ3v) is 10.2. The van der Waals surface area contributed by atoms with Crippen LogP contribution in [0.5, 0.6) is 0 Å². The lowest BCUT2D eigenvalue weighted by Gasteiger charge is -2.06. The summed E-state index contributed by atoms with van der Waals surface area (Å²) in [6.45, 7) is 4.23. The van der Waals surface area contributed by atoms with Crippen LogP contribution in [0.15, 0.2) is 24.3 Å². The molecular formula is C22H10N4S5. The molecule has 0 aliphatic heterocycles. The van der Waals surface area contributed by atoms with E-state index >= 15 is 0 Å². The average Bonchev–Trinajstić information content (AvgIpc) is 3.49. The zero-order valence-electron chi connectivity index (χ0n) is 16.1. The number of benzene rings is 1. The highest BCUT2D eigenvalue weighted by Crippen LogP contribution is 2.46. The predicted octanol–water partition coefficient (Wildman–Crippen LogP) is 7.88. The summed E-state index contributed by atoms with van der Waals surface area (Å²) in [5, 5.41) is 4.62. The van der Waals surface area contributed by atoms with Crippen LogP contribution in [0.4, 0.5) is 0 Å². The lowest BCUT2D eigenvalue weighted by molar-refractivity contribution is 1.24. The van der Waals surface area contributed by atoms with E-state index in [1.54, 1.807) is 34.0 Å². The number of hydrogen-bond donors (Lipinski definition) is 0. The molecule has 8 rings (SSSR count). The van der Waals surface area contributed by atoms with E-state index in [9.17, 15) is 0 Å². The van der Waals surface area contributed by atoms with Gasteiger partial charge >= 0.3 is 0 Å². The number of aryl methyl sites for hydroxylation is 2. The number of pyridine rings is 2. The van der Waals surface area contributed by atoms with E-state index in [0.29, 0.717) is 0 Å². The number of hydrogen-bond acceptors (Lipinski definition) is 7. The van der Waals surface area contributed by atoms with Crippen LogP contribution in [0.3, 0.4) is 0 Å². The molecule has 4 nitrogen and oxygen atoms in total. The minimum atomic E-state index is 0.820. The molecule has 0 atom stereocenters. The van der Waals surface area contributed by atoms with Gasteiger partial charge in [0.1, 0.15) is 30.2 Å². The third-order valence-electron chi connectivity index (χ3n) is 6.09. The molecule has 7 heterocycles. The van der Waals surface area contributed by atoms with Crippen molar-refractivity contribution in [1.29, 1.82) is 0 Å². The Hall–Kier alpha value is -2.30. The molecule has 0 saturated heterocycles. The Balaban J connectivity index is 1.71. The molecule has 0 radical (unpaired) electrons. The van der Waals surface area contributed by atoms with E-state index < -0.39 is 0 Å². The second-order valence-corrected chi connectivity index (χ2v) is 12.2. The highest BCUT2D eigenvalue weighted by molar-refractivity contribution is 7.72. The van der Waals surface area contributed by atoms with Crippen LogP contribution in [-0.4, -0.2) is 18.8 Å². The normalized spacial score (nSPS) is 13.1. The van der Waals surface area contributed by atoms with Gasteiger partial charge in [-0.25, -0.2) is 9.97 Å². The minimum absolute atomic E-state index is 0.820. The van der Waals surface area contributed by atoms with E-state index in [0.717, 1.165) is 61.4 Å². The molecule has 31 heavy (non-hydrogen) atoms. The van der Waals surface area contributed by atoms with Crippen molar-refractivity contribution >= 4 is 121 Å². The second-order valence-electron chi connectivity index (χ2n) is 7.92. The molecule has 0 fully saturated rings. The minimum Gasteiger partial charge on any atom is -0.280 e. The Morgan fingerprint density at radius 1 is 0.710 bits per heavy atom. The highest BCUT2D eigenvalue weighted by atomic mass is 32.1. The summed E-state index contributed by atoms with van der Waals surface area (Å²) in [6.07, 6.45) is 0. The molecule has 0 amide bonds. The Kier molecular flexibility index (Phi) is 2.99. The molecule has 0 aliphatic carbocycles. The van der Waals surface area contributed by atoms with Gasteiger partial charge in [0.15, 0.2) is 0 Å². The Labute approximate surface area is 196 Å². The summed E-state index contributed by atoms with van der Waals surface area (Å²) < 4.78 is 8.15. The molecule has 148 valence electrons. The van der Waals surface area contributed by atoms with Gasteiger partial charge in [0, 0.05) is 31.3 Å². The monoisotopic (exact) mass is 490 g/mol. The van der Waals surface area contributed by atoms with Gasteiger partial charge in [0.05, 0.1) is 20.4 Å². The van der Waals surface area contributed by atoms with Crippen molar-refractivity contribution in [3.8, 4) is 0 Å². The molecule has 0 N–H and O–H groups in total. The first kappa shape index (κ1) is 17.3. The van der Waals surface area contributed by atoms with Crippen LogP contribution < -0.4 is 0 Å². The fourth-order valence-corrected chi connectivity index (χ4v) is 8.64. The lowest BCUT2D eigenvalue weighted by atomic mass is 10.0. The number of thiophene rings is 3. The molecule has 0 unspecified atom stereocenters. The van der Waals surface area contributed by atoms with Crippen molar-refractivity contribution in [2.24, 2.45) is 0 Å². The van der Waals surface area contributed by atoms with Crippen molar-refractivity contribution in [2.45, 2.75) is 13.8 Å². The fourth-order valence-electron chi connectivity index (χ4n) is 4.91. The van der Waals surface area contributed by atoms with Crippen LogP contribution in [-0.2, 0) is 0 Å². The van der Waals surface area contributed by atoms with Gasteiger partial charge in [0.25, 0.3) is 0 Å². The largest absolute Gasteiger partial charge is 0.280 e. The van der Waals surface area contributed by atoms with Crippen molar-refractivity contribution < 1.29 is 0 Å². The number of aromatic nitrogens is 4. The molecule has 8 aromatic rings. The molecular weight excluding hydrogens is 481 g/mol. The summed E-state index contributed by atoms with van der Waals surface area (Å²) in [5.41, 5.74) is 4.07. The predicted molar refractivity (Wildman–Crippen MR) is 139 cm³/mol. The molecule has 7 aromatic heterocycles. The van der Waals surface area contributed by atoms with E-state index in [4.69, 9.17) is 34.4 Å². The zero-order chi connectivity index (χ0) is 20.8. The Morgan fingerprint density at radius 3 is 1.61 bits per heavy atom.